The second kappa shape index (κ2) is 4.27. The summed E-state index contributed by atoms with van der Waals surface area (Å²) in [6.45, 7) is 1.38. The maximum Gasteiger partial charge on any atom is 0.331 e. The number of carbonyl (C=O) groups is 2. The molecule has 0 saturated carbocycles. The molecule has 0 bridgehead atoms. The topological polar surface area (TPSA) is 74.6 Å². The molecule has 0 spiro atoms. The fourth-order valence-corrected chi connectivity index (χ4v) is 0.346. The van der Waals surface area contributed by atoms with Gasteiger partial charge in [-0.1, -0.05) is 12.2 Å². The van der Waals surface area contributed by atoms with E-state index >= 15 is 0 Å². The molecule has 0 aromatic carbocycles. The van der Waals surface area contributed by atoms with Crippen LogP contribution in [0.3, 0.4) is 0 Å². The Hall–Kier alpha value is -1.58. The van der Waals surface area contributed by atoms with E-state index in [-0.39, 0.29) is 5.57 Å². The number of carboxylic acid groups (broad SMARTS) is 2. The number of carboxylic acids is 2. The molecule has 0 amide bonds. The minimum atomic E-state index is -1.10. The SMILES string of the molecule is C/C(=C\C=C\C(=O)O)C(=O)O. The van der Waals surface area contributed by atoms with Gasteiger partial charge in [0.15, 0.2) is 0 Å². The highest BCUT2D eigenvalue weighted by molar-refractivity contribution is 5.86. The highest BCUT2D eigenvalue weighted by Crippen LogP contribution is 1.91. The third-order valence-corrected chi connectivity index (χ3v) is 0.922. The van der Waals surface area contributed by atoms with Gasteiger partial charge in [-0.2, -0.15) is 0 Å². The van der Waals surface area contributed by atoms with Crippen LogP contribution in [0, 0.1) is 0 Å². The predicted octanol–water partition coefficient (Wildman–Crippen LogP) is 0.658. The van der Waals surface area contributed by atoms with Gasteiger partial charge in [0.25, 0.3) is 0 Å². The maximum absolute atomic E-state index is 10.1. The van der Waals surface area contributed by atoms with Crippen LogP contribution in [0.2, 0.25) is 0 Å². The molecule has 4 nitrogen and oxygen atoms in total. The Morgan fingerprint density at radius 2 is 1.82 bits per heavy atom. The van der Waals surface area contributed by atoms with Crippen LogP contribution < -0.4 is 0 Å². The van der Waals surface area contributed by atoms with Crippen molar-refractivity contribution in [3.63, 3.8) is 0 Å². The van der Waals surface area contributed by atoms with E-state index < -0.39 is 11.9 Å². The largest absolute Gasteiger partial charge is 0.478 e. The lowest BCUT2D eigenvalue weighted by molar-refractivity contribution is -0.133. The zero-order chi connectivity index (χ0) is 8.85. The van der Waals surface area contributed by atoms with E-state index in [2.05, 4.69) is 0 Å². The molecule has 0 aliphatic rings. The normalized spacial score (nSPS) is 11.9. The molecule has 4 heteroatoms. The van der Waals surface area contributed by atoms with Gasteiger partial charge in [-0.15, -0.1) is 0 Å². The third kappa shape index (κ3) is 4.90. The monoisotopic (exact) mass is 156 g/mol. The van der Waals surface area contributed by atoms with E-state index in [4.69, 9.17) is 10.2 Å². The molecule has 60 valence electrons. The van der Waals surface area contributed by atoms with Crippen LogP contribution in [0.25, 0.3) is 0 Å². The van der Waals surface area contributed by atoms with Crippen molar-refractivity contribution in [2.75, 3.05) is 0 Å². The molecule has 2 N–H and O–H groups in total. The van der Waals surface area contributed by atoms with Crippen LogP contribution in [0.4, 0.5) is 0 Å². The van der Waals surface area contributed by atoms with Gasteiger partial charge in [0.05, 0.1) is 0 Å². The lowest BCUT2D eigenvalue weighted by Crippen LogP contribution is -1.94. The predicted molar refractivity (Wildman–Crippen MR) is 38.2 cm³/mol. The first-order valence-electron chi connectivity index (χ1n) is 2.85. The van der Waals surface area contributed by atoms with E-state index in [0.29, 0.717) is 0 Å². The number of aliphatic carboxylic acids is 2. The summed E-state index contributed by atoms with van der Waals surface area (Å²) in [6.07, 6.45) is 3.26. The summed E-state index contributed by atoms with van der Waals surface area (Å²) in [7, 11) is 0. The van der Waals surface area contributed by atoms with E-state index in [1.807, 2.05) is 0 Å². The van der Waals surface area contributed by atoms with E-state index in [0.717, 1.165) is 6.08 Å². The van der Waals surface area contributed by atoms with E-state index in [1.165, 1.54) is 19.1 Å². The highest BCUT2D eigenvalue weighted by Gasteiger charge is 1.95. The molecular weight excluding hydrogens is 148 g/mol. The Labute approximate surface area is 63.5 Å². The van der Waals surface area contributed by atoms with Crippen molar-refractivity contribution in [2.45, 2.75) is 6.92 Å². The van der Waals surface area contributed by atoms with Gasteiger partial charge in [0, 0.05) is 11.6 Å². The Bertz CT molecular complexity index is 225. The first-order valence-corrected chi connectivity index (χ1v) is 2.85. The van der Waals surface area contributed by atoms with Gasteiger partial charge in [0.2, 0.25) is 0 Å². The fraction of sp³-hybridized carbons (Fsp3) is 0.143. The first-order chi connectivity index (χ1) is 5.04. The lowest BCUT2D eigenvalue weighted by atomic mass is 10.3. The molecule has 0 aromatic rings. The molecule has 0 aliphatic carbocycles. The molecule has 0 aromatic heterocycles. The van der Waals surface area contributed by atoms with Crippen molar-refractivity contribution in [3.8, 4) is 0 Å². The summed E-state index contributed by atoms with van der Waals surface area (Å²) < 4.78 is 0. The average molecular weight is 156 g/mol. The lowest BCUT2D eigenvalue weighted by Gasteiger charge is -1.86. The number of hydrogen-bond donors (Lipinski definition) is 2. The molecule has 0 heterocycles. The van der Waals surface area contributed by atoms with Crippen molar-refractivity contribution >= 4 is 11.9 Å². The van der Waals surface area contributed by atoms with Crippen molar-refractivity contribution in [2.24, 2.45) is 0 Å². The van der Waals surface area contributed by atoms with Crippen molar-refractivity contribution in [1.82, 2.24) is 0 Å². The Morgan fingerprint density at radius 1 is 1.27 bits per heavy atom. The third-order valence-electron chi connectivity index (χ3n) is 0.922. The van der Waals surface area contributed by atoms with Gasteiger partial charge in [-0.05, 0) is 6.92 Å². The fourth-order valence-electron chi connectivity index (χ4n) is 0.346. The van der Waals surface area contributed by atoms with E-state index in [1.54, 1.807) is 0 Å². The molecule has 0 saturated heterocycles. The highest BCUT2D eigenvalue weighted by atomic mass is 16.4. The van der Waals surface area contributed by atoms with Crippen molar-refractivity contribution in [1.29, 1.82) is 0 Å². The molecule has 11 heavy (non-hydrogen) atoms. The second-order valence-electron chi connectivity index (χ2n) is 1.85. The zero-order valence-electron chi connectivity index (χ0n) is 5.94. The molecule has 0 atom stereocenters. The molecule has 0 radical (unpaired) electrons. The van der Waals surface area contributed by atoms with Crippen LogP contribution in [-0.2, 0) is 9.59 Å². The van der Waals surface area contributed by atoms with Crippen LogP contribution in [0.1, 0.15) is 6.92 Å². The van der Waals surface area contributed by atoms with Gasteiger partial charge in [-0.25, -0.2) is 9.59 Å². The summed E-state index contributed by atoms with van der Waals surface area (Å²) in [5, 5.41) is 16.4. The van der Waals surface area contributed by atoms with Gasteiger partial charge < -0.3 is 10.2 Å². The summed E-state index contributed by atoms with van der Waals surface area (Å²) >= 11 is 0. The molecule has 0 aliphatic heterocycles. The summed E-state index contributed by atoms with van der Waals surface area (Å²) in [4.78, 5) is 20.0. The van der Waals surface area contributed by atoms with Crippen molar-refractivity contribution in [3.05, 3.63) is 23.8 Å². The quantitative estimate of drug-likeness (QED) is 0.465. The zero-order valence-corrected chi connectivity index (χ0v) is 5.94. The number of hydrogen-bond acceptors (Lipinski definition) is 2. The summed E-state index contributed by atoms with van der Waals surface area (Å²) in [6, 6.07) is 0. The Balaban J connectivity index is 4.13. The van der Waals surface area contributed by atoms with E-state index in [9.17, 15) is 9.59 Å². The van der Waals surface area contributed by atoms with Gasteiger partial charge in [-0.3, -0.25) is 0 Å². The summed E-state index contributed by atoms with van der Waals surface area (Å²) in [5.41, 5.74) is 0.0995. The van der Waals surface area contributed by atoms with Crippen LogP contribution in [0.5, 0.6) is 0 Å². The maximum atomic E-state index is 10.1. The minimum absolute atomic E-state index is 0.0995. The van der Waals surface area contributed by atoms with Crippen molar-refractivity contribution < 1.29 is 19.8 Å². The molecule has 0 rings (SSSR count). The number of allylic oxidation sites excluding steroid dienone is 2. The Kier molecular flexibility index (Phi) is 3.66. The first kappa shape index (κ1) is 9.42. The van der Waals surface area contributed by atoms with Gasteiger partial charge in [0.1, 0.15) is 0 Å². The van der Waals surface area contributed by atoms with Gasteiger partial charge >= 0.3 is 11.9 Å². The smallest absolute Gasteiger partial charge is 0.331 e. The van der Waals surface area contributed by atoms with Crippen LogP contribution in [-0.4, -0.2) is 22.2 Å². The minimum Gasteiger partial charge on any atom is -0.478 e. The standard InChI is InChI=1S/C7H8O4/c1-5(7(10)11)3-2-4-6(8)9/h2-4H,1H3,(H,8,9)(H,10,11)/b4-2+,5-3+. The van der Waals surface area contributed by atoms with Crippen LogP contribution in [0.15, 0.2) is 23.8 Å². The molecule has 0 unspecified atom stereocenters. The molecular formula is C7H8O4. The second-order valence-corrected chi connectivity index (χ2v) is 1.85. The number of rotatable bonds is 3. The molecule has 0 fully saturated rings. The summed E-state index contributed by atoms with van der Waals surface area (Å²) in [5.74, 6) is -2.15. The average Bonchev–Trinajstić information content (AvgIpc) is 1.86. The Morgan fingerprint density at radius 3 is 2.18 bits per heavy atom. The van der Waals surface area contributed by atoms with Crippen LogP contribution >= 0.6 is 0 Å².